The molecule has 0 unspecified atom stereocenters. The first kappa shape index (κ1) is 17.1. The van der Waals surface area contributed by atoms with Crippen molar-refractivity contribution in [1.82, 2.24) is 4.98 Å². The van der Waals surface area contributed by atoms with Crippen LogP contribution in [0.25, 0.3) is 11.1 Å². The molecule has 0 bridgehead atoms. The lowest BCUT2D eigenvalue weighted by Crippen LogP contribution is -2.40. The van der Waals surface area contributed by atoms with Gasteiger partial charge < -0.3 is 14.8 Å². The third kappa shape index (κ3) is 3.62. The maximum absolute atomic E-state index is 12.7. The largest absolute Gasteiger partial charge is 0.485 e. The summed E-state index contributed by atoms with van der Waals surface area (Å²) < 4.78 is 11.4. The van der Waals surface area contributed by atoms with Gasteiger partial charge in [0.2, 0.25) is 6.10 Å². The number of fused-ring (bicyclic) bond motifs is 1. The molecule has 1 N–H and O–H groups in total. The number of ether oxygens (including phenoxy) is 2. The van der Waals surface area contributed by atoms with E-state index < -0.39 is 6.10 Å². The van der Waals surface area contributed by atoms with Crippen LogP contribution in [0.5, 0.6) is 11.5 Å². The van der Waals surface area contributed by atoms with Gasteiger partial charge in [-0.15, -0.1) is 0 Å². The van der Waals surface area contributed by atoms with Crippen molar-refractivity contribution in [2.75, 3.05) is 11.9 Å². The summed E-state index contributed by atoms with van der Waals surface area (Å²) in [5, 5.41) is 2.98. The van der Waals surface area contributed by atoms with Gasteiger partial charge in [0.05, 0.1) is 0 Å². The van der Waals surface area contributed by atoms with Crippen molar-refractivity contribution in [3.63, 3.8) is 0 Å². The minimum Gasteiger partial charge on any atom is -0.485 e. The fraction of sp³-hybridized carbons (Fsp3) is 0.182. The van der Waals surface area contributed by atoms with Crippen molar-refractivity contribution in [2.45, 2.75) is 19.4 Å². The molecule has 0 fully saturated rings. The first-order chi connectivity index (χ1) is 13.2. The minimum atomic E-state index is -0.676. The van der Waals surface area contributed by atoms with Gasteiger partial charge in [-0.2, -0.15) is 0 Å². The van der Waals surface area contributed by atoms with Crippen molar-refractivity contribution in [1.29, 1.82) is 0 Å². The fourth-order valence-electron chi connectivity index (χ4n) is 3.09. The van der Waals surface area contributed by atoms with Crippen LogP contribution in [0.3, 0.4) is 0 Å². The van der Waals surface area contributed by atoms with Gasteiger partial charge in [0.25, 0.3) is 5.91 Å². The molecule has 3 aromatic rings. The highest BCUT2D eigenvalue weighted by molar-refractivity contribution is 5.95. The Hall–Kier alpha value is -3.34. The Balaban J connectivity index is 1.51. The Bertz CT molecular complexity index is 957. The van der Waals surface area contributed by atoms with Crippen LogP contribution in [0.4, 0.5) is 5.69 Å². The van der Waals surface area contributed by atoms with E-state index in [0.717, 1.165) is 28.8 Å². The van der Waals surface area contributed by atoms with E-state index in [0.29, 0.717) is 11.5 Å². The van der Waals surface area contributed by atoms with E-state index in [-0.39, 0.29) is 12.5 Å². The zero-order valence-electron chi connectivity index (χ0n) is 15.0. The summed E-state index contributed by atoms with van der Waals surface area (Å²) in [6.45, 7) is 2.26. The Kier molecular flexibility index (Phi) is 4.75. The van der Waals surface area contributed by atoms with E-state index in [2.05, 4.69) is 23.3 Å². The molecule has 0 saturated carbocycles. The predicted octanol–water partition coefficient (Wildman–Crippen LogP) is 4.09. The maximum atomic E-state index is 12.7. The van der Waals surface area contributed by atoms with E-state index in [9.17, 15) is 4.79 Å². The lowest BCUT2D eigenvalue weighted by molar-refractivity contribution is -0.125. The Morgan fingerprint density at radius 1 is 1.07 bits per heavy atom. The number of aromatic nitrogens is 1. The lowest BCUT2D eigenvalue weighted by atomic mass is 10.0. The number of carbonyl (C=O) groups is 1. The van der Waals surface area contributed by atoms with Crippen LogP contribution in [-0.4, -0.2) is 23.6 Å². The van der Waals surface area contributed by atoms with E-state index >= 15 is 0 Å². The first-order valence-electron chi connectivity index (χ1n) is 8.97. The molecule has 0 saturated heterocycles. The smallest absolute Gasteiger partial charge is 0.269 e. The number of hydrogen-bond acceptors (Lipinski definition) is 4. The number of nitrogens with one attached hydrogen (secondary N) is 1. The van der Waals surface area contributed by atoms with E-state index in [1.54, 1.807) is 18.5 Å². The zero-order chi connectivity index (χ0) is 18.6. The Labute approximate surface area is 158 Å². The predicted molar refractivity (Wildman–Crippen MR) is 104 cm³/mol. The summed E-state index contributed by atoms with van der Waals surface area (Å²) in [7, 11) is 0. The molecule has 27 heavy (non-hydrogen) atoms. The van der Waals surface area contributed by atoms with Crippen molar-refractivity contribution in [3.05, 3.63) is 72.6 Å². The van der Waals surface area contributed by atoms with Gasteiger partial charge >= 0.3 is 0 Å². The average Bonchev–Trinajstić information content (AvgIpc) is 2.74. The second-order valence-corrected chi connectivity index (χ2v) is 6.31. The molecule has 5 heteroatoms. The van der Waals surface area contributed by atoms with E-state index in [4.69, 9.17) is 9.47 Å². The van der Waals surface area contributed by atoms with Gasteiger partial charge in [-0.25, -0.2) is 0 Å². The monoisotopic (exact) mass is 360 g/mol. The average molecular weight is 360 g/mol. The summed E-state index contributed by atoms with van der Waals surface area (Å²) >= 11 is 0. The number of pyridine rings is 1. The number of carbonyl (C=O) groups excluding carboxylic acids is 1. The molecule has 0 spiro atoms. The number of para-hydroxylation sites is 2. The van der Waals surface area contributed by atoms with Crippen molar-refractivity contribution in [3.8, 4) is 22.6 Å². The van der Waals surface area contributed by atoms with Crippen molar-refractivity contribution in [2.24, 2.45) is 0 Å². The Morgan fingerprint density at radius 3 is 2.63 bits per heavy atom. The standard InChI is InChI=1S/C22H20N2O3/c1-2-15-13-17(16-9-11-23-12-10-16)7-8-18(15)24-22(25)21-14-26-19-5-3-4-6-20(19)27-21/h3-13,21H,2,14H2,1H3,(H,24,25)/t21-/m0/s1. The van der Waals surface area contributed by atoms with Gasteiger partial charge in [-0.05, 0) is 59.5 Å². The molecule has 1 amide bonds. The van der Waals surface area contributed by atoms with Gasteiger partial charge in [-0.3, -0.25) is 9.78 Å². The highest BCUT2D eigenvalue weighted by atomic mass is 16.6. The summed E-state index contributed by atoms with van der Waals surface area (Å²) in [6, 6.07) is 17.3. The summed E-state index contributed by atoms with van der Waals surface area (Å²) in [4.78, 5) is 16.7. The molecular weight excluding hydrogens is 340 g/mol. The second kappa shape index (κ2) is 7.50. The van der Waals surface area contributed by atoms with Gasteiger partial charge in [0, 0.05) is 18.1 Å². The molecule has 0 radical (unpaired) electrons. The normalized spacial score (nSPS) is 15.2. The number of amides is 1. The van der Waals surface area contributed by atoms with Crippen molar-refractivity contribution >= 4 is 11.6 Å². The third-order valence-electron chi connectivity index (χ3n) is 4.56. The van der Waals surface area contributed by atoms with Crippen LogP contribution >= 0.6 is 0 Å². The number of rotatable bonds is 4. The van der Waals surface area contributed by atoms with Gasteiger partial charge in [0.15, 0.2) is 11.5 Å². The highest BCUT2D eigenvalue weighted by Crippen LogP contribution is 2.31. The number of hydrogen-bond donors (Lipinski definition) is 1. The summed E-state index contributed by atoms with van der Waals surface area (Å²) in [5.74, 6) is 1.04. The van der Waals surface area contributed by atoms with E-state index in [1.165, 1.54) is 0 Å². The topological polar surface area (TPSA) is 60.5 Å². The molecule has 136 valence electrons. The van der Waals surface area contributed by atoms with Crippen LogP contribution in [0.2, 0.25) is 0 Å². The van der Waals surface area contributed by atoms with E-state index in [1.807, 2.05) is 42.5 Å². The zero-order valence-corrected chi connectivity index (χ0v) is 15.0. The summed E-state index contributed by atoms with van der Waals surface area (Å²) in [5.41, 5.74) is 4.05. The first-order valence-corrected chi connectivity index (χ1v) is 8.97. The quantitative estimate of drug-likeness (QED) is 0.761. The maximum Gasteiger partial charge on any atom is 0.269 e. The second-order valence-electron chi connectivity index (χ2n) is 6.31. The van der Waals surface area contributed by atoms with Gasteiger partial charge in [0.1, 0.15) is 6.61 Å². The lowest BCUT2D eigenvalue weighted by Gasteiger charge is -2.26. The fourth-order valence-corrected chi connectivity index (χ4v) is 3.09. The molecule has 1 atom stereocenters. The van der Waals surface area contributed by atoms with Crippen LogP contribution in [0.1, 0.15) is 12.5 Å². The molecule has 2 aromatic carbocycles. The van der Waals surface area contributed by atoms with Crippen LogP contribution < -0.4 is 14.8 Å². The number of anilines is 1. The Morgan fingerprint density at radius 2 is 1.85 bits per heavy atom. The number of aryl methyl sites for hydroxylation is 1. The number of benzene rings is 2. The number of nitrogens with zero attached hydrogens (tertiary/aromatic N) is 1. The molecule has 2 heterocycles. The molecular formula is C22H20N2O3. The molecule has 1 aliphatic rings. The minimum absolute atomic E-state index is 0.194. The molecule has 0 aliphatic carbocycles. The third-order valence-corrected chi connectivity index (χ3v) is 4.56. The molecule has 1 aromatic heterocycles. The molecule has 4 rings (SSSR count). The molecule has 1 aliphatic heterocycles. The van der Waals surface area contributed by atoms with Crippen LogP contribution in [0, 0.1) is 0 Å². The van der Waals surface area contributed by atoms with Crippen LogP contribution in [0.15, 0.2) is 67.0 Å². The van der Waals surface area contributed by atoms with Crippen LogP contribution in [-0.2, 0) is 11.2 Å². The van der Waals surface area contributed by atoms with Gasteiger partial charge in [-0.1, -0.05) is 25.1 Å². The molecule has 5 nitrogen and oxygen atoms in total. The highest BCUT2D eigenvalue weighted by Gasteiger charge is 2.27. The SMILES string of the molecule is CCc1cc(-c2ccncc2)ccc1NC(=O)[C@@H]1COc2ccccc2O1. The van der Waals surface area contributed by atoms with Crippen molar-refractivity contribution < 1.29 is 14.3 Å². The summed E-state index contributed by atoms with van der Waals surface area (Å²) in [6.07, 6.45) is 3.67.